The Hall–Kier alpha value is -1.88. The van der Waals surface area contributed by atoms with E-state index < -0.39 is 0 Å². The van der Waals surface area contributed by atoms with Gasteiger partial charge in [-0.15, -0.1) is 0 Å². The molecule has 0 aliphatic heterocycles. The van der Waals surface area contributed by atoms with Gasteiger partial charge in [-0.1, -0.05) is 22.9 Å². The number of anilines is 2. The van der Waals surface area contributed by atoms with Gasteiger partial charge in [0.1, 0.15) is 5.69 Å². The molecule has 0 saturated heterocycles. The molecule has 0 bridgehead atoms. The highest BCUT2D eigenvalue weighted by atomic mass is 79.9. The number of nitrogens with zero attached hydrogens (tertiary/aromatic N) is 1. The highest BCUT2D eigenvalue weighted by Gasteiger charge is 2.10. The van der Waals surface area contributed by atoms with Crippen molar-refractivity contribution in [3.63, 3.8) is 0 Å². The van der Waals surface area contributed by atoms with E-state index in [9.17, 15) is 4.79 Å². The summed E-state index contributed by atoms with van der Waals surface area (Å²) in [5.41, 5.74) is 3.37. The molecule has 2 N–H and O–H groups in total. The van der Waals surface area contributed by atoms with E-state index in [1.54, 1.807) is 12.3 Å². The summed E-state index contributed by atoms with van der Waals surface area (Å²) < 4.78 is 1.07. The zero-order valence-electron chi connectivity index (χ0n) is 13.0. The van der Waals surface area contributed by atoms with Gasteiger partial charge in [-0.25, -0.2) is 0 Å². The number of aryl methyl sites for hydroxylation is 1. The molecule has 2 aromatic rings. The third kappa shape index (κ3) is 4.31. The number of amides is 1. The van der Waals surface area contributed by atoms with Gasteiger partial charge in [-0.2, -0.15) is 0 Å². The maximum absolute atomic E-state index is 12.1. The average molecular weight is 362 g/mol. The third-order valence-electron chi connectivity index (χ3n) is 3.43. The van der Waals surface area contributed by atoms with Crippen molar-refractivity contribution in [1.29, 1.82) is 0 Å². The molecule has 22 heavy (non-hydrogen) atoms. The molecule has 1 atom stereocenters. The Labute approximate surface area is 139 Å². The SMILES string of the molecule is CCC(C)NC(=O)c1cc(Nc2ccc(Br)c(C)c2)ccn1. The van der Waals surface area contributed by atoms with Gasteiger partial charge < -0.3 is 10.6 Å². The molecule has 0 radical (unpaired) electrons. The number of benzene rings is 1. The predicted molar refractivity (Wildman–Crippen MR) is 93.6 cm³/mol. The number of halogens is 1. The molecule has 1 unspecified atom stereocenters. The largest absolute Gasteiger partial charge is 0.355 e. The quantitative estimate of drug-likeness (QED) is 0.828. The second-order valence-electron chi connectivity index (χ2n) is 5.30. The number of rotatable bonds is 5. The van der Waals surface area contributed by atoms with Gasteiger partial charge in [0.25, 0.3) is 5.91 Å². The first-order valence-electron chi connectivity index (χ1n) is 7.29. The Bertz CT molecular complexity index is 673. The molecule has 0 fully saturated rings. The van der Waals surface area contributed by atoms with E-state index in [2.05, 4.69) is 31.5 Å². The molecule has 4 nitrogen and oxygen atoms in total. The van der Waals surface area contributed by atoms with E-state index >= 15 is 0 Å². The van der Waals surface area contributed by atoms with Crippen molar-refractivity contribution in [2.75, 3.05) is 5.32 Å². The number of carbonyl (C=O) groups is 1. The van der Waals surface area contributed by atoms with Crippen LogP contribution in [0.25, 0.3) is 0 Å². The number of pyridine rings is 1. The van der Waals surface area contributed by atoms with Crippen molar-refractivity contribution in [2.45, 2.75) is 33.2 Å². The molecule has 2 rings (SSSR count). The molecule has 1 heterocycles. The van der Waals surface area contributed by atoms with Crippen LogP contribution in [0.3, 0.4) is 0 Å². The minimum Gasteiger partial charge on any atom is -0.355 e. The highest BCUT2D eigenvalue weighted by Crippen LogP contribution is 2.23. The van der Waals surface area contributed by atoms with Crippen LogP contribution in [0.15, 0.2) is 41.0 Å². The molecule has 0 aliphatic carbocycles. The summed E-state index contributed by atoms with van der Waals surface area (Å²) in [5, 5.41) is 6.21. The molecule has 1 aromatic carbocycles. The van der Waals surface area contributed by atoms with Crippen LogP contribution in [-0.2, 0) is 0 Å². The summed E-state index contributed by atoms with van der Waals surface area (Å²) in [6, 6.07) is 9.77. The summed E-state index contributed by atoms with van der Waals surface area (Å²) in [5.74, 6) is -0.148. The van der Waals surface area contributed by atoms with E-state index in [1.807, 2.05) is 45.0 Å². The lowest BCUT2D eigenvalue weighted by Crippen LogP contribution is -2.32. The van der Waals surface area contributed by atoms with Crippen LogP contribution in [0.4, 0.5) is 11.4 Å². The number of carbonyl (C=O) groups excluding carboxylic acids is 1. The summed E-state index contributed by atoms with van der Waals surface area (Å²) >= 11 is 3.48. The maximum Gasteiger partial charge on any atom is 0.270 e. The zero-order valence-corrected chi connectivity index (χ0v) is 14.6. The Balaban J connectivity index is 2.14. The second kappa shape index (κ2) is 7.40. The van der Waals surface area contributed by atoms with Crippen LogP contribution in [-0.4, -0.2) is 16.9 Å². The Morgan fingerprint density at radius 1 is 1.27 bits per heavy atom. The van der Waals surface area contributed by atoms with Gasteiger partial charge in [-0.05, 0) is 56.2 Å². The van der Waals surface area contributed by atoms with Gasteiger partial charge >= 0.3 is 0 Å². The summed E-state index contributed by atoms with van der Waals surface area (Å²) in [6.07, 6.45) is 2.53. The van der Waals surface area contributed by atoms with E-state index in [-0.39, 0.29) is 11.9 Å². The summed E-state index contributed by atoms with van der Waals surface area (Å²) in [4.78, 5) is 16.3. The summed E-state index contributed by atoms with van der Waals surface area (Å²) in [7, 11) is 0. The molecular formula is C17H20BrN3O. The maximum atomic E-state index is 12.1. The zero-order chi connectivity index (χ0) is 16.1. The van der Waals surface area contributed by atoms with E-state index in [0.717, 1.165) is 27.8 Å². The summed E-state index contributed by atoms with van der Waals surface area (Å²) in [6.45, 7) is 6.05. The van der Waals surface area contributed by atoms with Gasteiger partial charge in [0.15, 0.2) is 0 Å². The molecule has 0 saturated carbocycles. The minimum absolute atomic E-state index is 0.139. The predicted octanol–water partition coefficient (Wildman–Crippen LogP) is 4.42. The van der Waals surface area contributed by atoms with Crippen LogP contribution < -0.4 is 10.6 Å². The fraction of sp³-hybridized carbons (Fsp3) is 0.294. The standard InChI is InChI=1S/C17H20BrN3O/c1-4-12(3)20-17(22)16-10-14(7-8-19-16)21-13-5-6-15(18)11(2)9-13/h5-10,12H,4H2,1-3H3,(H,19,21)(H,20,22). The monoisotopic (exact) mass is 361 g/mol. The fourth-order valence-corrected chi connectivity index (χ4v) is 2.17. The first-order chi connectivity index (χ1) is 10.5. The van der Waals surface area contributed by atoms with Crippen LogP contribution in [0.5, 0.6) is 0 Å². The lowest BCUT2D eigenvalue weighted by Gasteiger charge is -2.12. The van der Waals surface area contributed by atoms with Crippen LogP contribution >= 0.6 is 15.9 Å². The van der Waals surface area contributed by atoms with Crippen LogP contribution in [0.2, 0.25) is 0 Å². The van der Waals surface area contributed by atoms with Gasteiger partial charge in [0.05, 0.1) is 0 Å². The third-order valence-corrected chi connectivity index (χ3v) is 4.32. The Morgan fingerprint density at radius 2 is 2.00 bits per heavy atom. The van der Waals surface area contributed by atoms with Crippen molar-refractivity contribution < 1.29 is 4.79 Å². The molecule has 0 spiro atoms. The number of hydrogen-bond acceptors (Lipinski definition) is 3. The fourth-order valence-electron chi connectivity index (χ4n) is 1.92. The Morgan fingerprint density at radius 3 is 2.68 bits per heavy atom. The van der Waals surface area contributed by atoms with Crippen molar-refractivity contribution in [3.8, 4) is 0 Å². The second-order valence-corrected chi connectivity index (χ2v) is 6.16. The van der Waals surface area contributed by atoms with Gasteiger partial charge in [0, 0.05) is 28.1 Å². The number of hydrogen-bond donors (Lipinski definition) is 2. The van der Waals surface area contributed by atoms with Gasteiger partial charge in [-0.3, -0.25) is 9.78 Å². The molecule has 5 heteroatoms. The van der Waals surface area contributed by atoms with Crippen molar-refractivity contribution in [3.05, 3.63) is 52.3 Å². The minimum atomic E-state index is -0.148. The van der Waals surface area contributed by atoms with Crippen LogP contribution in [0.1, 0.15) is 36.3 Å². The van der Waals surface area contributed by atoms with E-state index in [0.29, 0.717) is 5.69 Å². The van der Waals surface area contributed by atoms with Gasteiger partial charge in [0.2, 0.25) is 0 Å². The number of aromatic nitrogens is 1. The lowest BCUT2D eigenvalue weighted by molar-refractivity contribution is 0.0934. The lowest BCUT2D eigenvalue weighted by atomic mass is 10.2. The Kier molecular flexibility index (Phi) is 5.55. The topological polar surface area (TPSA) is 54.0 Å². The van der Waals surface area contributed by atoms with Crippen LogP contribution in [0, 0.1) is 6.92 Å². The highest BCUT2D eigenvalue weighted by molar-refractivity contribution is 9.10. The number of nitrogens with one attached hydrogen (secondary N) is 2. The smallest absolute Gasteiger partial charge is 0.270 e. The molecular weight excluding hydrogens is 342 g/mol. The normalized spacial score (nSPS) is 11.8. The molecule has 1 aromatic heterocycles. The molecule has 1 amide bonds. The first kappa shape index (κ1) is 16.5. The van der Waals surface area contributed by atoms with Crippen molar-refractivity contribution >= 4 is 33.2 Å². The molecule has 0 aliphatic rings. The average Bonchev–Trinajstić information content (AvgIpc) is 2.51. The van der Waals surface area contributed by atoms with Crippen molar-refractivity contribution in [1.82, 2.24) is 10.3 Å². The first-order valence-corrected chi connectivity index (χ1v) is 8.09. The van der Waals surface area contributed by atoms with Crippen molar-refractivity contribution in [2.24, 2.45) is 0 Å². The molecule has 116 valence electrons. The van der Waals surface area contributed by atoms with E-state index in [1.165, 1.54) is 0 Å². The van der Waals surface area contributed by atoms with E-state index in [4.69, 9.17) is 0 Å².